The van der Waals surface area contributed by atoms with Crippen LogP contribution in [0.4, 0.5) is 11.5 Å². The van der Waals surface area contributed by atoms with Crippen molar-refractivity contribution in [2.24, 2.45) is 0 Å². The average molecular weight is 418 g/mol. The molecule has 0 fully saturated rings. The van der Waals surface area contributed by atoms with Crippen LogP contribution in [0.1, 0.15) is 12.0 Å². The maximum Gasteiger partial charge on any atom is 0.326 e. The van der Waals surface area contributed by atoms with Crippen molar-refractivity contribution in [3.05, 3.63) is 42.5 Å². The summed E-state index contributed by atoms with van der Waals surface area (Å²) in [5, 5.41) is 0. The summed E-state index contributed by atoms with van der Waals surface area (Å²) in [6.45, 7) is 2.03. The van der Waals surface area contributed by atoms with Crippen molar-refractivity contribution in [3.63, 3.8) is 0 Å². The number of anilines is 2. The van der Waals surface area contributed by atoms with Crippen molar-refractivity contribution in [3.8, 4) is 0 Å². The van der Waals surface area contributed by atoms with E-state index in [4.69, 9.17) is 10.5 Å². The van der Waals surface area contributed by atoms with Crippen LogP contribution in [0.25, 0.3) is 11.2 Å². The van der Waals surface area contributed by atoms with Crippen LogP contribution in [0.5, 0.6) is 0 Å². The predicted octanol–water partition coefficient (Wildman–Crippen LogP) is 1.12. The SMILES string of the molecule is Cc1ccccc1N(CC(=O)OCCCn1cnc2c(N)ncnc21)S(C)(=O)=O. The van der Waals surface area contributed by atoms with Crippen LogP contribution in [-0.4, -0.2) is 53.3 Å². The number of ether oxygens (including phenoxy) is 1. The second-order valence-electron chi connectivity index (χ2n) is 6.50. The zero-order chi connectivity index (χ0) is 21.0. The molecule has 2 heterocycles. The minimum Gasteiger partial charge on any atom is -0.464 e. The molecule has 0 aliphatic rings. The Morgan fingerprint density at radius 3 is 2.72 bits per heavy atom. The van der Waals surface area contributed by atoms with Gasteiger partial charge in [-0.3, -0.25) is 9.10 Å². The van der Waals surface area contributed by atoms with E-state index in [9.17, 15) is 13.2 Å². The normalized spacial score (nSPS) is 11.5. The van der Waals surface area contributed by atoms with Crippen molar-refractivity contribution in [2.75, 3.05) is 29.4 Å². The lowest BCUT2D eigenvalue weighted by Crippen LogP contribution is -2.36. The van der Waals surface area contributed by atoms with Gasteiger partial charge in [-0.05, 0) is 25.0 Å². The lowest BCUT2D eigenvalue weighted by Gasteiger charge is -2.23. The fourth-order valence-electron chi connectivity index (χ4n) is 2.87. The monoisotopic (exact) mass is 418 g/mol. The van der Waals surface area contributed by atoms with Crippen molar-refractivity contribution in [1.82, 2.24) is 19.5 Å². The quantitative estimate of drug-likeness (QED) is 0.425. The number of nitrogens with zero attached hydrogens (tertiary/aromatic N) is 5. The van der Waals surface area contributed by atoms with Crippen molar-refractivity contribution < 1.29 is 17.9 Å². The van der Waals surface area contributed by atoms with Crippen molar-refractivity contribution >= 4 is 38.7 Å². The molecule has 0 unspecified atom stereocenters. The lowest BCUT2D eigenvalue weighted by molar-refractivity contribution is -0.141. The molecule has 0 saturated carbocycles. The summed E-state index contributed by atoms with van der Waals surface area (Å²) < 4.78 is 32.4. The number of nitrogen functional groups attached to an aromatic ring is 1. The smallest absolute Gasteiger partial charge is 0.326 e. The Morgan fingerprint density at radius 1 is 1.24 bits per heavy atom. The molecule has 0 spiro atoms. The van der Waals surface area contributed by atoms with Gasteiger partial charge in [0.05, 0.1) is 24.9 Å². The molecule has 0 amide bonds. The number of hydrogen-bond donors (Lipinski definition) is 1. The van der Waals surface area contributed by atoms with Gasteiger partial charge in [-0.15, -0.1) is 0 Å². The van der Waals surface area contributed by atoms with E-state index in [1.54, 1.807) is 42.1 Å². The Morgan fingerprint density at radius 2 is 2.00 bits per heavy atom. The summed E-state index contributed by atoms with van der Waals surface area (Å²) in [6, 6.07) is 6.96. The number of aryl methyl sites for hydroxylation is 2. The van der Waals surface area contributed by atoms with Crippen LogP contribution in [0, 0.1) is 6.92 Å². The third kappa shape index (κ3) is 4.80. The maximum absolute atomic E-state index is 12.2. The predicted molar refractivity (Wildman–Crippen MR) is 109 cm³/mol. The third-order valence-electron chi connectivity index (χ3n) is 4.29. The number of aromatic nitrogens is 4. The molecule has 11 heteroatoms. The molecular weight excluding hydrogens is 396 g/mol. The van der Waals surface area contributed by atoms with Crippen LogP contribution < -0.4 is 10.0 Å². The molecule has 2 N–H and O–H groups in total. The van der Waals surface area contributed by atoms with Gasteiger partial charge < -0.3 is 15.0 Å². The summed E-state index contributed by atoms with van der Waals surface area (Å²) in [7, 11) is -3.64. The van der Waals surface area contributed by atoms with Crippen molar-refractivity contribution in [1.29, 1.82) is 0 Å². The summed E-state index contributed by atoms with van der Waals surface area (Å²) in [5.74, 6) is -0.321. The molecule has 0 aliphatic heterocycles. The number of carbonyl (C=O) groups is 1. The highest BCUT2D eigenvalue weighted by Gasteiger charge is 2.22. The number of rotatable bonds is 8. The molecule has 0 bridgehead atoms. The second-order valence-corrected chi connectivity index (χ2v) is 8.41. The fourth-order valence-corrected chi connectivity index (χ4v) is 3.77. The summed E-state index contributed by atoms with van der Waals surface area (Å²) >= 11 is 0. The van der Waals surface area contributed by atoms with Gasteiger partial charge in [-0.25, -0.2) is 23.4 Å². The Bertz CT molecular complexity index is 1130. The summed E-state index contributed by atoms with van der Waals surface area (Å²) in [4.78, 5) is 24.4. The molecule has 0 saturated heterocycles. The number of benzene rings is 1. The van der Waals surface area contributed by atoms with Crippen LogP contribution in [0.3, 0.4) is 0 Å². The minimum atomic E-state index is -3.64. The van der Waals surface area contributed by atoms with Crippen LogP contribution in [0.15, 0.2) is 36.9 Å². The zero-order valence-electron chi connectivity index (χ0n) is 16.1. The first-order valence-corrected chi connectivity index (χ1v) is 10.7. The van der Waals surface area contributed by atoms with Gasteiger partial charge in [0.25, 0.3) is 0 Å². The van der Waals surface area contributed by atoms with Gasteiger partial charge in [0.15, 0.2) is 11.5 Å². The third-order valence-corrected chi connectivity index (χ3v) is 5.42. The molecule has 2 aromatic heterocycles. The number of imidazole rings is 1. The number of carbonyl (C=O) groups excluding carboxylic acids is 1. The average Bonchev–Trinajstić information content (AvgIpc) is 3.08. The molecule has 10 nitrogen and oxygen atoms in total. The largest absolute Gasteiger partial charge is 0.464 e. The lowest BCUT2D eigenvalue weighted by atomic mass is 10.2. The summed E-state index contributed by atoms with van der Waals surface area (Å²) in [6.07, 6.45) is 4.52. The van der Waals surface area contributed by atoms with Gasteiger partial charge in [0, 0.05) is 6.54 Å². The first-order chi connectivity index (χ1) is 13.8. The van der Waals surface area contributed by atoms with Gasteiger partial charge in [0.2, 0.25) is 10.0 Å². The Balaban J connectivity index is 1.57. The van der Waals surface area contributed by atoms with Gasteiger partial charge in [-0.1, -0.05) is 18.2 Å². The standard InChI is InChI=1S/C18H22N6O4S/c1-13-6-3-4-7-14(13)24(29(2,26)27)10-15(25)28-9-5-8-23-12-22-16-17(19)20-11-21-18(16)23/h3-4,6-7,11-12H,5,8-10H2,1-2H3,(H2,19,20,21). The first-order valence-electron chi connectivity index (χ1n) is 8.87. The van der Waals surface area contributed by atoms with E-state index in [1.165, 1.54) is 6.33 Å². The Kier molecular flexibility index (Phi) is 5.97. The molecular formula is C18H22N6O4S. The number of fused-ring (bicyclic) bond motifs is 1. The highest BCUT2D eigenvalue weighted by atomic mass is 32.2. The van der Waals surface area contributed by atoms with Crippen molar-refractivity contribution in [2.45, 2.75) is 19.9 Å². The number of para-hydroxylation sites is 1. The van der Waals surface area contributed by atoms with Gasteiger partial charge >= 0.3 is 5.97 Å². The Hall–Kier alpha value is -3.21. The minimum absolute atomic E-state index is 0.129. The molecule has 3 rings (SSSR count). The van der Waals surface area contributed by atoms with E-state index in [2.05, 4.69) is 15.0 Å². The number of esters is 1. The molecule has 0 atom stereocenters. The highest BCUT2D eigenvalue weighted by Crippen LogP contribution is 2.22. The first kappa shape index (κ1) is 20.5. The van der Waals surface area contributed by atoms with E-state index in [1.807, 2.05) is 0 Å². The molecule has 3 aromatic rings. The summed E-state index contributed by atoms with van der Waals surface area (Å²) in [5.41, 5.74) is 8.08. The molecule has 154 valence electrons. The molecule has 29 heavy (non-hydrogen) atoms. The fraction of sp³-hybridized carbons (Fsp3) is 0.333. The highest BCUT2D eigenvalue weighted by molar-refractivity contribution is 7.92. The number of hydrogen-bond acceptors (Lipinski definition) is 8. The van der Waals surface area contributed by atoms with E-state index < -0.39 is 16.0 Å². The second kappa shape index (κ2) is 8.43. The topological polar surface area (TPSA) is 133 Å². The number of sulfonamides is 1. The van der Waals surface area contributed by atoms with Crippen LogP contribution >= 0.6 is 0 Å². The van der Waals surface area contributed by atoms with Gasteiger partial charge in [0.1, 0.15) is 18.4 Å². The van der Waals surface area contributed by atoms with E-state index in [0.717, 1.165) is 16.1 Å². The van der Waals surface area contributed by atoms with Crippen LogP contribution in [-0.2, 0) is 26.1 Å². The molecule has 0 aliphatic carbocycles. The Labute approximate surface area is 168 Å². The molecule has 0 radical (unpaired) electrons. The van der Waals surface area contributed by atoms with Gasteiger partial charge in [-0.2, -0.15) is 0 Å². The van der Waals surface area contributed by atoms with Crippen LogP contribution in [0.2, 0.25) is 0 Å². The maximum atomic E-state index is 12.2. The molecule has 1 aromatic carbocycles. The van der Waals surface area contributed by atoms with E-state index in [0.29, 0.717) is 35.6 Å². The van der Waals surface area contributed by atoms with E-state index in [-0.39, 0.29) is 13.2 Å². The van der Waals surface area contributed by atoms with E-state index >= 15 is 0 Å². The number of nitrogens with two attached hydrogens (primary N) is 1. The zero-order valence-corrected chi connectivity index (χ0v) is 17.0.